The first-order valence-electron chi connectivity index (χ1n) is 7.76. The first kappa shape index (κ1) is 17.0. The van der Waals surface area contributed by atoms with Crippen molar-refractivity contribution in [1.82, 2.24) is 4.98 Å². The molecule has 1 aromatic heterocycles. The Morgan fingerprint density at radius 2 is 1.88 bits per heavy atom. The van der Waals surface area contributed by atoms with E-state index in [0.717, 1.165) is 11.3 Å². The van der Waals surface area contributed by atoms with Crippen LogP contribution < -0.4 is 10.1 Å². The number of anilines is 1. The number of amides is 1. The van der Waals surface area contributed by atoms with Crippen molar-refractivity contribution in [3.05, 3.63) is 69.7 Å². The number of phenols is 1. The van der Waals surface area contributed by atoms with Crippen molar-refractivity contribution >= 4 is 22.9 Å². The largest absolute Gasteiger partial charge is 0.506 e. The summed E-state index contributed by atoms with van der Waals surface area (Å²) in [7, 11) is 0. The van der Waals surface area contributed by atoms with E-state index in [4.69, 9.17) is 4.74 Å². The number of phenolic OH excluding ortho intramolecular Hbond substituents is 1. The maximum atomic E-state index is 12.3. The summed E-state index contributed by atoms with van der Waals surface area (Å²) < 4.78 is 5.67. The van der Waals surface area contributed by atoms with Gasteiger partial charge in [-0.1, -0.05) is 23.8 Å². The summed E-state index contributed by atoms with van der Waals surface area (Å²) in [6, 6.07) is 12.8. The lowest BCUT2D eigenvalue weighted by Gasteiger charge is -2.06. The van der Waals surface area contributed by atoms with Gasteiger partial charge >= 0.3 is 0 Å². The number of aromatic nitrogens is 1. The molecule has 0 radical (unpaired) electrons. The van der Waals surface area contributed by atoms with Crippen molar-refractivity contribution in [3.8, 4) is 11.5 Å². The van der Waals surface area contributed by atoms with E-state index >= 15 is 0 Å². The smallest absolute Gasteiger partial charge is 0.275 e. The second kappa shape index (κ2) is 7.36. The average molecular weight is 354 g/mol. The third-order valence-electron chi connectivity index (χ3n) is 3.57. The topological polar surface area (TPSA) is 71.5 Å². The van der Waals surface area contributed by atoms with E-state index in [-0.39, 0.29) is 11.7 Å². The molecule has 6 heteroatoms. The zero-order valence-electron chi connectivity index (χ0n) is 13.9. The van der Waals surface area contributed by atoms with Gasteiger partial charge in [0.15, 0.2) is 0 Å². The van der Waals surface area contributed by atoms with E-state index in [1.807, 2.05) is 44.2 Å². The summed E-state index contributed by atoms with van der Waals surface area (Å²) in [6.07, 6.45) is 0. The maximum Gasteiger partial charge on any atom is 0.275 e. The number of nitrogens with one attached hydrogen (secondary N) is 1. The van der Waals surface area contributed by atoms with E-state index in [1.165, 1.54) is 16.9 Å². The molecule has 0 aliphatic carbocycles. The molecule has 0 aliphatic heterocycles. The number of hydrogen-bond acceptors (Lipinski definition) is 5. The lowest BCUT2D eigenvalue weighted by molar-refractivity contribution is 0.102. The standard InChI is InChI=1S/C19H18N2O3S/c1-12-3-6-14(7-4-12)24-10-18-20-16(11-25-18)19(23)21-15-8-5-13(2)9-17(15)22/h3-9,11,22H,10H2,1-2H3,(H,21,23). The summed E-state index contributed by atoms with van der Waals surface area (Å²) >= 11 is 1.36. The van der Waals surface area contributed by atoms with Gasteiger partial charge in [-0.15, -0.1) is 11.3 Å². The number of ether oxygens (including phenoxy) is 1. The monoisotopic (exact) mass is 354 g/mol. The Labute approximate surface area is 149 Å². The van der Waals surface area contributed by atoms with Crippen molar-refractivity contribution in [2.24, 2.45) is 0 Å². The van der Waals surface area contributed by atoms with E-state index < -0.39 is 0 Å². The number of carbonyl (C=O) groups excluding carboxylic acids is 1. The third-order valence-corrected chi connectivity index (χ3v) is 4.39. The van der Waals surface area contributed by atoms with Crippen molar-refractivity contribution in [3.63, 3.8) is 0 Å². The minimum absolute atomic E-state index is 0.0338. The molecule has 3 aromatic rings. The van der Waals surface area contributed by atoms with Crippen LogP contribution in [0.25, 0.3) is 0 Å². The van der Waals surface area contributed by atoms with Crippen LogP contribution >= 0.6 is 11.3 Å². The van der Waals surface area contributed by atoms with Gasteiger partial charge in [0.2, 0.25) is 0 Å². The Balaban J connectivity index is 1.62. The highest BCUT2D eigenvalue weighted by molar-refractivity contribution is 7.09. The molecular formula is C19H18N2O3S. The summed E-state index contributed by atoms with van der Waals surface area (Å²) in [6.45, 7) is 4.18. The number of thiazole rings is 1. The van der Waals surface area contributed by atoms with Gasteiger partial charge in [0.05, 0.1) is 5.69 Å². The summed E-state index contributed by atoms with van der Waals surface area (Å²) in [5.74, 6) is 0.430. The minimum atomic E-state index is -0.364. The third kappa shape index (κ3) is 4.36. The van der Waals surface area contributed by atoms with Gasteiger partial charge in [-0.2, -0.15) is 0 Å². The molecular weight excluding hydrogens is 336 g/mol. The van der Waals surface area contributed by atoms with Crippen LogP contribution in [-0.4, -0.2) is 16.0 Å². The quantitative estimate of drug-likeness (QED) is 0.670. The molecule has 0 saturated carbocycles. The van der Waals surface area contributed by atoms with Crippen LogP contribution in [0.5, 0.6) is 11.5 Å². The van der Waals surface area contributed by atoms with E-state index in [0.29, 0.717) is 23.0 Å². The normalized spacial score (nSPS) is 10.5. The number of aromatic hydroxyl groups is 1. The SMILES string of the molecule is Cc1ccc(OCc2nc(C(=O)Nc3ccc(C)cc3O)cs2)cc1. The van der Waals surface area contributed by atoms with Gasteiger partial charge in [-0.25, -0.2) is 4.98 Å². The van der Waals surface area contributed by atoms with Crippen LogP contribution in [0.3, 0.4) is 0 Å². The summed E-state index contributed by atoms with van der Waals surface area (Å²) in [5.41, 5.74) is 2.74. The number of carbonyl (C=O) groups is 1. The van der Waals surface area contributed by atoms with Gasteiger partial charge in [-0.3, -0.25) is 4.79 Å². The lowest BCUT2D eigenvalue weighted by atomic mass is 10.2. The molecule has 128 valence electrons. The lowest BCUT2D eigenvalue weighted by Crippen LogP contribution is -2.12. The zero-order valence-corrected chi connectivity index (χ0v) is 14.8. The first-order valence-corrected chi connectivity index (χ1v) is 8.64. The van der Waals surface area contributed by atoms with Gasteiger partial charge in [-0.05, 0) is 43.7 Å². The molecule has 3 rings (SSSR count). The number of aryl methyl sites for hydroxylation is 2. The molecule has 2 aromatic carbocycles. The van der Waals surface area contributed by atoms with E-state index in [2.05, 4.69) is 10.3 Å². The Kier molecular flexibility index (Phi) is 5.00. The second-order valence-corrected chi connectivity index (χ2v) is 6.65. The van der Waals surface area contributed by atoms with Crippen molar-refractivity contribution in [2.45, 2.75) is 20.5 Å². The van der Waals surface area contributed by atoms with Crippen LogP contribution in [0.4, 0.5) is 5.69 Å². The summed E-state index contributed by atoms with van der Waals surface area (Å²) in [4.78, 5) is 16.5. The predicted molar refractivity (Wildman–Crippen MR) is 98.4 cm³/mol. The predicted octanol–water partition coefficient (Wildman–Crippen LogP) is 4.30. The molecule has 25 heavy (non-hydrogen) atoms. The highest BCUT2D eigenvalue weighted by Gasteiger charge is 2.13. The number of nitrogens with zero attached hydrogens (tertiary/aromatic N) is 1. The fourth-order valence-corrected chi connectivity index (χ4v) is 2.88. The average Bonchev–Trinajstić information content (AvgIpc) is 3.06. The van der Waals surface area contributed by atoms with E-state index in [1.54, 1.807) is 17.5 Å². The molecule has 1 amide bonds. The molecule has 0 spiro atoms. The highest BCUT2D eigenvalue weighted by Crippen LogP contribution is 2.24. The van der Waals surface area contributed by atoms with Gasteiger partial charge in [0.1, 0.15) is 28.8 Å². The zero-order chi connectivity index (χ0) is 17.8. The first-order chi connectivity index (χ1) is 12.0. The molecule has 0 aliphatic rings. The van der Waals surface area contributed by atoms with Crippen LogP contribution in [0.1, 0.15) is 26.6 Å². The van der Waals surface area contributed by atoms with Crippen LogP contribution in [0, 0.1) is 13.8 Å². The van der Waals surface area contributed by atoms with Gasteiger partial charge in [0, 0.05) is 5.38 Å². The fourth-order valence-electron chi connectivity index (χ4n) is 2.19. The van der Waals surface area contributed by atoms with Crippen molar-refractivity contribution in [1.29, 1.82) is 0 Å². The second-order valence-electron chi connectivity index (χ2n) is 5.70. The van der Waals surface area contributed by atoms with Gasteiger partial charge < -0.3 is 15.2 Å². The number of benzene rings is 2. The van der Waals surface area contributed by atoms with Crippen LogP contribution in [0.15, 0.2) is 47.8 Å². The molecule has 0 saturated heterocycles. The summed E-state index contributed by atoms with van der Waals surface area (Å²) in [5, 5.41) is 14.9. The number of hydrogen-bond donors (Lipinski definition) is 2. The molecule has 5 nitrogen and oxygen atoms in total. The van der Waals surface area contributed by atoms with E-state index in [9.17, 15) is 9.90 Å². The molecule has 0 unspecified atom stereocenters. The molecule has 1 heterocycles. The minimum Gasteiger partial charge on any atom is -0.506 e. The van der Waals surface area contributed by atoms with Crippen molar-refractivity contribution < 1.29 is 14.6 Å². The Bertz CT molecular complexity index is 888. The van der Waals surface area contributed by atoms with Crippen LogP contribution in [0.2, 0.25) is 0 Å². The highest BCUT2D eigenvalue weighted by atomic mass is 32.1. The molecule has 0 bridgehead atoms. The molecule has 0 atom stereocenters. The number of rotatable bonds is 5. The maximum absolute atomic E-state index is 12.3. The Morgan fingerprint density at radius 1 is 1.16 bits per heavy atom. The Hall–Kier alpha value is -2.86. The molecule has 0 fully saturated rings. The van der Waals surface area contributed by atoms with Gasteiger partial charge in [0.25, 0.3) is 5.91 Å². The fraction of sp³-hybridized carbons (Fsp3) is 0.158. The van der Waals surface area contributed by atoms with Crippen molar-refractivity contribution in [2.75, 3.05) is 5.32 Å². The Morgan fingerprint density at radius 3 is 2.60 bits per heavy atom. The van der Waals surface area contributed by atoms with Crippen LogP contribution in [-0.2, 0) is 6.61 Å². The molecule has 2 N–H and O–H groups in total.